The number of aldehydes is 1. The monoisotopic (exact) mass is 1500 g/mol. The van der Waals surface area contributed by atoms with Crippen molar-refractivity contribution in [3.05, 3.63) is 0 Å². The molecule has 0 aliphatic carbocycles. The SMILES string of the molecule is CC(=O)N[C@H]1[C@H](O[C@H]2[C@H](O)[C@@H](OS(=O)(=O)O)[C@H](O[C@H]3[C@@H](O)[C@@H](CO)O[C@@H]3C=O)O[C@H]2C(=O)O)O[C@H](CO)[C@H](OS(=O)(=O)O)[C@@H]1O[C@@H]1O[C@@H](C(=O)O)[C@@H](O[C@@H]2O[C@H](CO)[C@H](OS(=O)(=O)O)[C@H](O[C@@H]3O[C@@H](C(=O)O)[C@@H](O)[C@H](O)[C@H]3OS(=O)(=O)O)[C@H]2NC(C)=O)[C@H](O)[C@H]1OS(=O)(=O)O. The minimum absolute atomic E-state index is 0.0299. The summed E-state index contributed by atoms with van der Waals surface area (Å²) in [4.78, 5) is 76.3. The first-order chi connectivity index (χ1) is 43.7. The van der Waals surface area contributed by atoms with E-state index < -0.39 is 279 Å². The Morgan fingerprint density at radius 3 is 0.958 bits per heavy atom. The maximum absolute atomic E-state index is 13.3. The zero-order valence-corrected chi connectivity index (χ0v) is 51.3. The van der Waals surface area contributed by atoms with Crippen molar-refractivity contribution in [1.29, 1.82) is 0 Å². The molecule has 6 aliphatic rings. The molecule has 6 fully saturated rings. The minimum atomic E-state index is -6.22. The Balaban J connectivity index is 1.45. The molecule has 6 saturated heterocycles. The number of ether oxygens (including phenoxy) is 11. The second-order valence-corrected chi connectivity index (χ2v) is 25.8. The van der Waals surface area contributed by atoms with E-state index in [4.69, 9.17) is 52.1 Å². The third kappa shape index (κ3) is 20.2. The van der Waals surface area contributed by atoms with Gasteiger partial charge in [0.05, 0.1) is 19.8 Å². The summed E-state index contributed by atoms with van der Waals surface area (Å²) in [5, 5.41) is 121. The van der Waals surface area contributed by atoms with Gasteiger partial charge in [-0.05, 0) is 0 Å². The molecule has 548 valence electrons. The van der Waals surface area contributed by atoms with Crippen LogP contribution in [0.2, 0.25) is 0 Å². The molecule has 0 spiro atoms. The first-order valence-electron chi connectivity index (χ1n) is 26.1. The topological polar surface area (TPSA) is 769 Å². The van der Waals surface area contributed by atoms with Gasteiger partial charge in [0.15, 0.2) is 74.4 Å². The summed E-state index contributed by atoms with van der Waals surface area (Å²) in [5.41, 5.74) is 0. The van der Waals surface area contributed by atoms with Gasteiger partial charge in [-0.25, -0.2) is 35.3 Å². The number of carboxylic acid groups (broad SMARTS) is 3. The quantitative estimate of drug-likeness (QED) is 0.0244. The number of carboxylic acids is 3. The number of nitrogens with one attached hydrogen (secondary N) is 2. The fraction of sp³-hybridized carbons (Fsp3) is 0.850. The Morgan fingerprint density at radius 2 is 0.663 bits per heavy atom. The smallest absolute Gasteiger partial charge is 0.397 e. The summed E-state index contributed by atoms with van der Waals surface area (Å²) in [6.45, 7) is -3.10. The summed E-state index contributed by atoms with van der Waals surface area (Å²) in [5.74, 6) is -9.66. The molecule has 18 N–H and O–H groups in total. The highest BCUT2D eigenvalue weighted by molar-refractivity contribution is 7.81. The van der Waals surface area contributed by atoms with E-state index >= 15 is 0 Å². The van der Waals surface area contributed by atoms with Gasteiger partial charge in [0, 0.05) is 13.8 Å². The van der Waals surface area contributed by atoms with E-state index in [1.807, 2.05) is 10.6 Å². The van der Waals surface area contributed by atoms with E-state index in [2.05, 4.69) is 20.9 Å². The molecule has 6 rings (SSSR count). The molecule has 0 aromatic carbocycles. The number of aliphatic carboxylic acids is 3. The van der Waals surface area contributed by atoms with Gasteiger partial charge >= 0.3 is 69.9 Å². The molecule has 0 radical (unpaired) electrons. The lowest BCUT2D eigenvalue weighted by Crippen LogP contribution is -2.72. The lowest BCUT2D eigenvalue weighted by Gasteiger charge is -2.51. The summed E-state index contributed by atoms with van der Waals surface area (Å²) in [6, 6.07) is -5.26. The van der Waals surface area contributed by atoms with Crippen molar-refractivity contribution in [2.24, 2.45) is 0 Å². The highest BCUT2D eigenvalue weighted by atomic mass is 32.3. The predicted molar refractivity (Wildman–Crippen MR) is 274 cm³/mol. The molecule has 55 heteroatoms. The van der Waals surface area contributed by atoms with Crippen molar-refractivity contribution in [3.8, 4) is 0 Å². The van der Waals surface area contributed by atoms with Crippen LogP contribution >= 0.6 is 0 Å². The van der Waals surface area contributed by atoms with Crippen LogP contribution in [0.4, 0.5) is 0 Å². The van der Waals surface area contributed by atoms with Gasteiger partial charge in [0.1, 0.15) is 110 Å². The van der Waals surface area contributed by atoms with Crippen LogP contribution in [0, 0.1) is 0 Å². The van der Waals surface area contributed by atoms with Gasteiger partial charge in [-0.3, -0.25) is 32.4 Å². The zero-order chi connectivity index (χ0) is 71.7. The van der Waals surface area contributed by atoms with Crippen LogP contribution < -0.4 is 10.6 Å². The largest absolute Gasteiger partial charge is 0.479 e. The fourth-order valence-electron chi connectivity index (χ4n) is 10.4. The van der Waals surface area contributed by atoms with Crippen LogP contribution in [0.15, 0.2) is 0 Å². The highest BCUT2D eigenvalue weighted by Gasteiger charge is 2.63. The molecule has 0 unspecified atom stereocenters. The van der Waals surface area contributed by atoms with Crippen LogP contribution in [0.5, 0.6) is 0 Å². The van der Waals surface area contributed by atoms with Crippen molar-refractivity contribution >= 4 is 88.0 Å². The number of hydrogen-bond donors (Lipinski definition) is 18. The first kappa shape index (κ1) is 79.6. The average molecular weight is 1500 g/mol. The van der Waals surface area contributed by atoms with E-state index in [9.17, 15) is 150 Å². The number of rotatable bonds is 29. The second kappa shape index (κ2) is 31.4. The standard InChI is InChI=1S/C40H60N2O48S5/c1-7(47)41-13-23(79-38-28(88-93(66,67)68)17(51)16(50)27(83-38)33(54)55)21(86-91(60,61)62)11(5-45)76-36(13)82-26-19(53)30(90-95(72,73)74)40(85-32(26)35(58)59)80-24-14(42-8(2)48)37(77-12(6-46)22(24)87-92(63,64)65)81-25-18(52)29(89-94(69,70)71)39(84-31(25)34(56)57)78-20-10(4-44)75-9(3-43)15(20)49/h4,9-32,36-40,43,45-46,49-53H,3,5-6H2,1-2H3,(H,41,47)(H,42,48)(H,54,55)(H,56,57)(H,58,59)(H,60,61,62)(H,63,64,65)(H,66,67,68)(H,69,70,71)(H,72,73,74)/t9-,10-,11-,12-,13-,14-,15+,16+,17+,18+,19+,20-,21+,22+,23-,24-,25+,26+,27-,28-,29-,30-,31-,32-,36+,37+,38-,39-,40-/m1/s1. The van der Waals surface area contributed by atoms with E-state index in [1.165, 1.54) is 0 Å². The lowest BCUT2D eigenvalue weighted by molar-refractivity contribution is -0.371. The molecule has 6 aliphatic heterocycles. The fourth-order valence-corrected chi connectivity index (χ4v) is 12.8. The summed E-state index contributed by atoms with van der Waals surface area (Å²) in [6.07, 6.45) is -73.6. The first-order valence-corrected chi connectivity index (χ1v) is 32.9. The third-order valence-corrected chi connectivity index (χ3v) is 16.3. The third-order valence-electron chi connectivity index (χ3n) is 14.0. The molecule has 0 saturated carbocycles. The molecule has 29 atom stereocenters. The number of carbonyl (C=O) groups excluding carboxylic acids is 3. The Labute approximate surface area is 531 Å². The molecule has 95 heavy (non-hydrogen) atoms. The number of aliphatic hydroxyl groups excluding tert-OH is 8. The maximum Gasteiger partial charge on any atom is 0.397 e. The Bertz CT molecular complexity index is 3330. The second-order valence-electron chi connectivity index (χ2n) is 20.6. The molecule has 2 amide bonds. The van der Waals surface area contributed by atoms with Crippen molar-refractivity contribution in [2.75, 3.05) is 19.8 Å². The number of aliphatic hydroxyl groups is 8. The number of carbonyl (C=O) groups is 6. The lowest BCUT2D eigenvalue weighted by atomic mass is 9.93. The van der Waals surface area contributed by atoms with Gasteiger partial charge in [-0.1, -0.05) is 0 Å². The minimum Gasteiger partial charge on any atom is -0.479 e. The normalized spacial score (nSPS) is 40.7. The summed E-state index contributed by atoms with van der Waals surface area (Å²) < 4.78 is 255. The number of hydrogen-bond acceptors (Lipinski definition) is 40. The predicted octanol–water partition coefficient (Wildman–Crippen LogP) is -13.5. The van der Waals surface area contributed by atoms with Crippen molar-refractivity contribution in [3.63, 3.8) is 0 Å². The summed E-state index contributed by atoms with van der Waals surface area (Å²) >= 11 is 0. The number of amides is 2. The zero-order valence-electron chi connectivity index (χ0n) is 47.2. The van der Waals surface area contributed by atoms with Gasteiger partial charge in [0.25, 0.3) is 0 Å². The van der Waals surface area contributed by atoms with Crippen LogP contribution in [-0.4, -0.2) is 355 Å². The van der Waals surface area contributed by atoms with E-state index in [0.29, 0.717) is 13.8 Å². The van der Waals surface area contributed by atoms with Crippen molar-refractivity contribution in [2.45, 2.75) is 192 Å². The van der Waals surface area contributed by atoms with Crippen LogP contribution in [0.25, 0.3) is 0 Å². The molecule has 0 aromatic heterocycles. The Hall–Kier alpha value is -4.39. The van der Waals surface area contributed by atoms with E-state index in [0.717, 1.165) is 0 Å². The maximum atomic E-state index is 13.3. The average Bonchev–Trinajstić information content (AvgIpc) is 1.03. The molecule has 6 heterocycles. The van der Waals surface area contributed by atoms with Crippen LogP contribution in [-0.2, 0) is 154 Å². The van der Waals surface area contributed by atoms with Crippen LogP contribution in [0.3, 0.4) is 0 Å². The van der Waals surface area contributed by atoms with Crippen LogP contribution in [0.1, 0.15) is 13.8 Å². The Morgan fingerprint density at radius 1 is 0.368 bits per heavy atom. The van der Waals surface area contributed by atoms with E-state index in [-0.39, 0.29) is 6.29 Å². The van der Waals surface area contributed by atoms with Gasteiger partial charge in [-0.15, -0.1) is 0 Å². The molecule has 0 bridgehead atoms. The molecule has 0 aromatic rings. The van der Waals surface area contributed by atoms with E-state index in [1.54, 1.807) is 0 Å². The Kier molecular flexibility index (Phi) is 26.3. The molecular weight excluding hydrogens is 1440 g/mol. The van der Waals surface area contributed by atoms with Gasteiger partial charge in [-0.2, -0.15) is 42.1 Å². The van der Waals surface area contributed by atoms with Gasteiger partial charge in [0.2, 0.25) is 11.8 Å². The van der Waals surface area contributed by atoms with Crippen molar-refractivity contribution < 1.29 is 223 Å². The van der Waals surface area contributed by atoms with Crippen molar-refractivity contribution in [1.82, 2.24) is 10.6 Å². The molecule has 50 nitrogen and oxygen atoms in total. The highest BCUT2D eigenvalue weighted by Crippen LogP contribution is 2.40. The molecular formula is C40H60N2O48S5. The van der Waals surface area contributed by atoms with Gasteiger partial charge < -0.3 is 124 Å². The summed E-state index contributed by atoms with van der Waals surface area (Å²) in [7, 11) is -30.0.